The minimum absolute atomic E-state index is 0.0662. The Labute approximate surface area is 161 Å². The first-order chi connectivity index (χ1) is 13.3. The number of anilines is 1. The number of nitro groups is 1. The Kier molecular flexibility index (Phi) is 5.71. The summed E-state index contributed by atoms with van der Waals surface area (Å²) >= 11 is 0. The zero-order valence-corrected chi connectivity index (χ0v) is 15.6. The van der Waals surface area contributed by atoms with Crippen molar-refractivity contribution >= 4 is 27.3 Å². The number of nitrogens with one attached hydrogen (secondary N) is 1. The Bertz CT molecular complexity index is 1020. The zero-order chi connectivity index (χ0) is 20.3. The zero-order valence-electron chi connectivity index (χ0n) is 14.8. The molecule has 0 bridgehead atoms. The van der Waals surface area contributed by atoms with Gasteiger partial charge in [-0.25, -0.2) is 12.8 Å². The first kappa shape index (κ1) is 19.9. The molecule has 2 aromatic carbocycles. The molecule has 1 N–H and O–H groups in total. The number of piperidine rings is 1. The Morgan fingerprint density at radius 3 is 2.50 bits per heavy atom. The third-order valence-electron chi connectivity index (χ3n) is 4.44. The minimum atomic E-state index is -4.05. The molecular weight excluding hydrogens is 389 g/mol. The SMILES string of the molecule is O=C(Nc1cccc([N+](=O)[O-])c1)c1ccc(F)c(S(=O)(=O)N2CCCCC2)c1. The van der Waals surface area contributed by atoms with Crippen molar-refractivity contribution in [1.82, 2.24) is 4.31 Å². The van der Waals surface area contributed by atoms with Crippen molar-refractivity contribution in [3.05, 3.63) is 64.0 Å². The molecule has 0 aliphatic carbocycles. The van der Waals surface area contributed by atoms with Crippen LogP contribution in [-0.2, 0) is 10.0 Å². The number of non-ortho nitro benzene ring substituents is 1. The lowest BCUT2D eigenvalue weighted by molar-refractivity contribution is -0.384. The molecule has 0 unspecified atom stereocenters. The monoisotopic (exact) mass is 407 g/mol. The van der Waals surface area contributed by atoms with Crippen LogP contribution >= 0.6 is 0 Å². The fourth-order valence-corrected chi connectivity index (χ4v) is 4.59. The number of amides is 1. The highest BCUT2D eigenvalue weighted by Crippen LogP contribution is 2.25. The molecule has 1 aliphatic heterocycles. The Hall–Kier alpha value is -2.85. The molecular formula is C18H18FN3O5S. The summed E-state index contributed by atoms with van der Waals surface area (Å²) in [6, 6.07) is 8.40. The molecule has 1 heterocycles. The van der Waals surface area contributed by atoms with E-state index in [2.05, 4.69) is 5.32 Å². The van der Waals surface area contributed by atoms with Gasteiger partial charge in [0.1, 0.15) is 10.7 Å². The number of carbonyl (C=O) groups is 1. The maximum absolute atomic E-state index is 14.2. The summed E-state index contributed by atoms with van der Waals surface area (Å²) in [6.45, 7) is 0.623. The van der Waals surface area contributed by atoms with Gasteiger partial charge >= 0.3 is 0 Å². The maximum atomic E-state index is 14.2. The van der Waals surface area contributed by atoms with Gasteiger partial charge in [-0.05, 0) is 37.1 Å². The number of nitrogens with zero attached hydrogens (tertiary/aromatic N) is 2. The van der Waals surface area contributed by atoms with E-state index in [0.29, 0.717) is 25.9 Å². The predicted molar refractivity (Wildman–Crippen MR) is 100 cm³/mol. The highest BCUT2D eigenvalue weighted by Gasteiger charge is 2.29. The average Bonchev–Trinajstić information content (AvgIpc) is 2.69. The third kappa shape index (κ3) is 4.18. The van der Waals surface area contributed by atoms with Crippen LogP contribution in [0.15, 0.2) is 47.4 Å². The fraction of sp³-hybridized carbons (Fsp3) is 0.278. The summed E-state index contributed by atoms with van der Waals surface area (Å²) < 4.78 is 40.9. The molecule has 148 valence electrons. The van der Waals surface area contributed by atoms with Crippen LogP contribution in [-0.4, -0.2) is 36.6 Å². The molecule has 1 amide bonds. The van der Waals surface area contributed by atoms with Gasteiger partial charge < -0.3 is 5.32 Å². The summed E-state index contributed by atoms with van der Waals surface area (Å²) in [6.07, 6.45) is 2.32. The van der Waals surface area contributed by atoms with E-state index < -0.39 is 31.6 Å². The van der Waals surface area contributed by atoms with Gasteiger partial charge in [0.2, 0.25) is 10.0 Å². The van der Waals surface area contributed by atoms with E-state index in [1.807, 2.05) is 0 Å². The lowest BCUT2D eigenvalue weighted by atomic mass is 10.2. The Morgan fingerprint density at radius 2 is 1.82 bits per heavy atom. The molecule has 0 saturated carbocycles. The molecule has 10 heteroatoms. The van der Waals surface area contributed by atoms with Gasteiger partial charge in [0.25, 0.3) is 11.6 Å². The van der Waals surface area contributed by atoms with Gasteiger partial charge in [0, 0.05) is 36.5 Å². The van der Waals surface area contributed by atoms with Crippen molar-refractivity contribution in [2.24, 2.45) is 0 Å². The van der Waals surface area contributed by atoms with Crippen LogP contribution in [0.25, 0.3) is 0 Å². The molecule has 0 spiro atoms. The van der Waals surface area contributed by atoms with E-state index in [1.165, 1.54) is 28.6 Å². The topological polar surface area (TPSA) is 110 Å². The van der Waals surface area contributed by atoms with Gasteiger partial charge in [0.15, 0.2) is 0 Å². The quantitative estimate of drug-likeness (QED) is 0.605. The van der Waals surface area contributed by atoms with E-state index in [4.69, 9.17) is 0 Å². The second-order valence-electron chi connectivity index (χ2n) is 6.37. The van der Waals surface area contributed by atoms with Gasteiger partial charge in [0.05, 0.1) is 4.92 Å². The van der Waals surface area contributed by atoms with Crippen LogP contribution < -0.4 is 5.32 Å². The summed E-state index contributed by atoms with van der Waals surface area (Å²) in [5.41, 5.74) is -0.0993. The molecule has 1 fully saturated rings. The number of sulfonamides is 1. The fourth-order valence-electron chi connectivity index (χ4n) is 2.99. The number of hydrogen-bond acceptors (Lipinski definition) is 5. The lowest BCUT2D eigenvalue weighted by Crippen LogP contribution is -2.36. The van der Waals surface area contributed by atoms with Crippen LogP contribution in [0.3, 0.4) is 0 Å². The first-order valence-electron chi connectivity index (χ1n) is 8.64. The number of nitro benzene ring substituents is 1. The smallest absolute Gasteiger partial charge is 0.271 e. The largest absolute Gasteiger partial charge is 0.322 e. The number of hydrogen-bond donors (Lipinski definition) is 1. The van der Waals surface area contributed by atoms with E-state index >= 15 is 0 Å². The third-order valence-corrected chi connectivity index (χ3v) is 6.35. The van der Waals surface area contributed by atoms with Crippen LogP contribution in [0, 0.1) is 15.9 Å². The van der Waals surface area contributed by atoms with E-state index in [9.17, 15) is 27.7 Å². The predicted octanol–water partition coefficient (Wildman–Crippen LogP) is 3.16. The Balaban J connectivity index is 1.87. The molecule has 1 aliphatic rings. The Morgan fingerprint density at radius 1 is 1.11 bits per heavy atom. The van der Waals surface area contributed by atoms with Crippen molar-refractivity contribution in [2.75, 3.05) is 18.4 Å². The van der Waals surface area contributed by atoms with Gasteiger partial charge in [-0.1, -0.05) is 12.5 Å². The van der Waals surface area contributed by atoms with E-state index in [1.54, 1.807) is 0 Å². The van der Waals surface area contributed by atoms with Gasteiger partial charge in [-0.15, -0.1) is 0 Å². The molecule has 1 saturated heterocycles. The molecule has 8 nitrogen and oxygen atoms in total. The van der Waals surface area contributed by atoms with Gasteiger partial charge in [-0.3, -0.25) is 14.9 Å². The van der Waals surface area contributed by atoms with Crippen molar-refractivity contribution in [2.45, 2.75) is 24.2 Å². The standard InChI is InChI=1S/C18H18FN3O5S/c19-16-8-7-13(11-17(16)28(26,27)21-9-2-1-3-10-21)18(23)20-14-5-4-6-15(12-14)22(24)25/h4-8,11-12H,1-3,9-10H2,(H,20,23). The number of halogens is 1. The van der Waals surface area contributed by atoms with Crippen molar-refractivity contribution < 1.29 is 22.5 Å². The normalized spacial score (nSPS) is 15.2. The number of rotatable bonds is 5. The summed E-state index contributed by atoms with van der Waals surface area (Å²) in [5.74, 6) is -1.63. The first-order valence-corrected chi connectivity index (χ1v) is 10.1. The highest BCUT2D eigenvalue weighted by atomic mass is 32.2. The van der Waals surface area contributed by atoms with Crippen LogP contribution in [0.1, 0.15) is 29.6 Å². The average molecular weight is 407 g/mol. The lowest BCUT2D eigenvalue weighted by Gasteiger charge is -2.26. The van der Waals surface area contributed by atoms with E-state index in [0.717, 1.165) is 24.6 Å². The van der Waals surface area contributed by atoms with Crippen molar-refractivity contribution in [3.8, 4) is 0 Å². The molecule has 28 heavy (non-hydrogen) atoms. The van der Waals surface area contributed by atoms with Crippen LogP contribution in [0.4, 0.5) is 15.8 Å². The van der Waals surface area contributed by atoms with Crippen molar-refractivity contribution in [3.63, 3.8) is 0 Å². The maximum Gasteiger partial charge on any atom is 0.271 e. The molecule has 2 aromatic rings. The molecule has 0 atom stereocenters. The number of benzene rings is 2. The van der Waals surface area contributed by atoms with Crippen LogP contribution in [0.2, 0.25) is 0 Å². The highest BCUT2D eigenvalue weighted by molar-refractivity contribution is 7.89. The second-order valence-corrected chi connectivity index (χ2v) is 8.28. The minimum Gasteiger partial charge on any atom is -0.322 e. The van der Waals surface area contributed by atoms with Crippen molar-refractivity contribution in [1.29, 1.82) is 0 Å². The summed E-state index contributed by atoms with van der Waals surface area (Å²) in [5, 5.41) is 13.3. The van der Waals surface area contributed by atoms with Gasteiger partial charge in [-0.2, -0.15) is 4.31 Å². The number of carbonyl (C=O) groups excluding carboxylic acids is 1. The molecule has 3 rings (SSSR count). The second kappa shape index (κ2) is 8.03. The summed E-state index contributed by atoms with van der Waals surface area (Å²) in [7, 11) is -4.05. The van der Waals surface area contributed by atoms with Crippen LogP contribution in [0.5, 0.6) is 0 Å². The molecule has 0 aromatic heterocycles. The summed E-state index contributed by atoms with van der Waals surface area (Å²) in [4.78, 5) is 22.1. The molecule has 0 radical (unpaired) electrons. The van der Waals surface area contributed by atoms with E-state index in [-0.39, 0.29) is 16.9 Å².